The standard InChI is InChI=1S/C18H15Cl2N3O4/c1-22(9-15(24)21-17-11(19)5-4-6-12(17)20)16(25)10-23-13-7-2-3-8-14(13)27-18(23)26/h2-8H,9-10H2,1H3,(H,21,24). The Balaban J connectivity index is 1.68. The predicted octanol–water partition coefficient (Wildman–Crippen LogP) is 3.00. The van der Waals surface area contributed by atoms with Crippen molar-refractivity contribution in [2.75, 3.05) is 18.9 Å². The smallest absolute Gasteiger partial charge is 0.408 e. The van der Waals surface area contributed by atoms with Gasteiger partial charge in [0.05, 0.1) is 27.8 Å². The highest BCUT2D eigenvalue weighted by atomic mass is 35.5. The average molecular weight is 408 g/mol. The molecule has 2 amide bonds. The van der Waals surface area contributed by atoms with Crippen LogP contribution in [0.5, 0.6) is 0 Å². The molecule has 9 heteroatoms. The van der Waals surface area contributed by atoms with Gasteiger partial charge in [0.25, 0.3) is 0 Å². The molecule has 0 saturated carbocycles. The molecule has 140 valence electrons. The van der Waals surface area contributed by atoms with Crippen molar-refractivity contribution < 1.29 is 14.0 Å². The van der Waals surface area contributed by atoms with Crippen LogP contribution in [0.4, 0.5) is 5.69 Å². The Labute approximate surface area is 164 Å². The van der Waals surface area contributed by atoms with Crippen LogP contribution in [-0.2, 0) is 16.1 Å². The first-order chi connectivity index (χ1) is 12.9. The minimum absolute atomic E-state index is 0.231. The molecule has 0 radical (unpaired) electrons. The fourth-order valence-corrected chi connectivity index (χ4v) is 3.01. The summed E-state index contributed by atoms with van der Waals surface area (Å²) >= 11 is 12.0. The number of oxazole rings is 1. The van der Waals surface area contributed by atoms with Gasteiger partial charge in [-0.3, -0.25) is 14.2 Å². The summed E-state index contributed by atoms with van der Waals surface area (Å²) in [5.74, 6) is -1.53. The molecule has 0 saturated heterocycles. The Morgan fingerprint density at radius 2 is 1.78 bits per heavy atom. The number of hydrogen-bond donors (Lipinski definition) is 1. The maximum absolute atomic E-state index is 12.4. The number of fused-ring (bicyclic) bond motifs is 1. The summed E-state index contributed by atoms with van der Waals surface area (Å²) in [6.45, 7) is -0.475. The molecular weight excluding hydrogens is 393 g/mol. The molecule has 0 aliphatic rings. The van der Waals surface area contributed by atoms with Gasteiger partial charge in [0.15, 0.2) is 5.58 Å². The maximum Gasteiger partial charge on any atom is 0.420 e. The molecule has 0 aliphatic carbocycles. The summed E-state index contributed by atoms with van der Waals surface area (Å²) in [4.78, 5) is 37.8. The Morgan fingerprint density at radius 3 is 2.48 bits per heavy atom. The molecule has 0 unspecified atom stereocenters. The Hall–Kier alpha value is -2.77. The molecule has 0 fully saturated rings. The number of carbonyl (C=O) groups excluding carboxylic acids is 2. The van der Waals surface area contributed by atoms with Gasteiger partial charge in [-0.15, -0.1) is 0 Å². The second-order valence-electron chi connectivity index (χ2n) is 5.82. The summed E-state index contributed by atoms with van der Waals surface area (Å²) < 4.78 is 6.31. The van der Waals surface area contributed by atoms with Crippen LogP contribution < -0.4 is 11.1 Å². The molecule has 1 heterocycles. The lowest BCUT2D eigenvalue weighted by atomic mass is 10.3. The molecule has 0 bridgehead atoms. The van der Waals surface area contributed by atoms with E-state index < -0.39 is 17.6 Å². The zero-order valence-corrected chi connectivity index (χ0v) is 15.8. The number of anilines is 1. The van der Waals surface area contributed by atoms with Crippen molar-refractivity contribution >= 4 is 51.8 Å². The van der Waals surface area contributed by atoms with Crippen LogP contribution in [-0.4, -0.2) is 34.9 Å². The van der Waals surface area contributed by atoms with Crippen LogP contribution in [0.15, 0.2) is 51.7 Å². The van der Waals surface area contributed by atoms with Gasteiger partial charge in [0.1, 0.15) is 6.54 Å². The average Bonchev–Trinajstić information content (AvgIpc) is 2.94. The van der Waals surface area contributed by atoms with Gasteiger partial charge >= 0.3 is 5.76 Å². The highest BCUT2D eigenvalue weighted by Crippen LogP contribution is 2.29. The molecule has 27 heavy (non-hydrogen) atoms. The first-order valence-corrected chi connectivity index (χ1v) is 8.68. The molecule has 0 atom stereocenters. The SMILES string of the molecule is CN(CC(=O)Nc1c(Cl)cccc1Cl)C(=O)Cn1c(=O)oc2ccccc21. The van der Waals surface area contributed by atoms with Crippen molar-refractivity contribution in [1.29, 1.82) is 0 Å². The number of likely N-dealkylation sites (N-methyl/N-ethyl adjacent to an activating group) is 1. The number of amides is 2. The van der Waals surface area contributed by atoms with E-state index in [0.29, 0.717) is 21.1 Å². The Morgan fingerprint density at radius 1 is 1.11 bits per heavy atom. The number of carbonyl (C=O) groups is 2. The first-order valence-electron chi connectivity index (χ1n) is 7.93. The number of hydrogen-bond acceptors (Lipinski definition) is 4. The number of halogens is 2. The van der Waals surface area contributed by atoms with Crippen molar-refractivity contribution in [2.45, 2.75) is 6.54 Å². The molecule has 1 aromatic heterocycles. The van der Waals surface area contributed by atoms with E-state index in [2.05, 4.69) is 5.32 Å². The topological polar surface area (TPSA) is 84.5 Å². The molecule has 1 N–H and O–H groups in total. The number of benzene rings is 2. The monoisotopic (exact) mass is 407 g/mol. The van der Waals surface area contributed by atoms with Gasteiger partial charge < -0.3 is 14.6 Å². The molecule has 3 aromatic rings. The number of aromatic nitrogens is 1. The van der Waals surface area contributed by atoms with E-state index in [1.165, 1.54) is 16.5 Å². The van der Waals surface area contributed by atoms with Crippen molar-refractivity contribution in [1.82, 2.24) is 9.47 Å². The predicted molar refractivity (Wildman–Crippen MR) is 103 cm³/mol. The van der Waals surface area contributed by atoms with Gasteiger partial charge in [-0.05, 0) is 24.3 Å². The fourth-order valence-electron chi connectivity index (χ4n) is 2.52. The van der Waals surface area contributed by atoms with Gasteiger partial charge in [-0.1, -0.05) is 41.4 Å². The minimum atomic E-state index is -0.634. The van der Waals surface area contributed by atoms with E-state index in [1.807, 2.05) is 0 Å². The minimum Gasteiger partial charge on any atom is -0.408 e. The fraction of sp³-hybridized carbons (Fsp3) is 0.167. The number of nitrogens with zero attached hydrogens (tertiary/aromatic N) is 2. The van der Waals surface area contributed by atoms with Crippen LogP contribution in [0.1, 0.15) is 0 Å². The summed E-state index contributed by atoms with van der Waals surface area (Å²) in [7, 11) is 1.46. The molecule has 0 spiro atoms. The van der Waals surface area contributed by atoms with Gasteiger partial charge in [0.2, 0.25) is 11.8 Å². The van der Waals surface area contributed by atoms with E-state index in [4.69, 9.17) is 27.6 Å². The zero-order valence-electron chi connectivity index (χ0n) is 14.2. The first kappa shape index (κ1) is 19.0. The van der Waals surface area contributed by atoms with E-state index in [0.717, 1.165) is 0 Å². The van der Waals surface area contributed by atoms with E-state index >= 15 is 0 Å². The highest BCUT2D eigenvalue weighted by molar-refractivity contribution is 6.39. The normalized spacial score (nSPS) is 10.8. The second-order valence-corrected chi connectivity index (χ2v) is 6.63. The Bertz CT molecular complexity index is 1050. The summed E-state index contributed by atoms with van der Waals surface area (Å²) in [6, 6.07) is 11.6. The molecule has 2 aromatic carbocycles. The second kappa shape index (κ2) is 7.85. The summed E-state index contributed by atoms with van der Waals surface area (Å²) in [5.41, 5.74) is 1.18. The number of nitrogens with one attached hydrogen (secondary N) is 1. The molecule has 3 rings (SSSR count). The number of para-hydroxylation sites is 3. The van der Waals surface area contributed by atoms with E-state index in [-0.39, 0.29) is 18.8 Å². The summed E-state index contributed by atoms with van der Waals surface area (Å²) in [6.07, 6.45) is 0. The van der Waals surface area contributed by atoms with E-state index in [1.54, 1.807) is 42.5 Å². The summed E-state index contributed by atoms with van der Waals surface area (Å²) in [5, 5.41) is 3.17. The van der Waals surface area contributed by atoms with Crippen molar-refractivity contribution in [3.63, 3.8) is 0 Å². The highest BCUT2D eigenvalue weighted by Gasteiger charge is 2.18. The van der Waals surface area contributed by atoms with Crippen molar-refractivity contribution in [2.24, 2.45) is 0 Å². The van der Waals surface area contributed by atoms with Crippen molar-refractivity contribution in [3.8, 4) is 0 Å². The number of rotatable bonds is 5. The molecular formula is C18H15Cl2N3O4. The zero-order chi connectivity index (χ0) is 19.6. The van der Waals surface area contributed by atoms with Crippen LogP contribution in [0.3, 0.4) is 0 Å². The lowest BCUT2D eigenvalue weighted by molar-refractivity contribution is -0.133. The quantitative estimate of drug-likeness (QED) is 0.704. The third-order valence-electron chi connectivity index (χ3n) is 3.90. The van der Waals surface area contributed by atoms with Gasteiger partial charge in [0, 0.05) is 7.05 Å². The van der Waals surface area contributed by atoms with Crippen molar-refractivity contribution in [3.05, 3.63) is 63.1 Å². The largest absolute Gasteiger partial charge is 0.420 e. The maximum atomic E-state index is 12.4. The lowest BCUT2D eigenvalue weighted by Crippen LogP contribution is -2.38. The van der Waals surface area contributed by atoms with E-state index in [9.17, 15) is 14.4 Å². The van der Waals surface area contributed by atoms with Crippen LogP contribution in [0.2, 0.25) is 10.0 Å². The van der Waals surface area contributed by atoms with Crippen LogP contribution in [0.25, 0.3) is 11.1 Å². The molecule has 7 nitrogen and oxygen atoms in total. The van der Waals surface area contributed by atoms with Crippen LogP contribution >= 0.6 is 23.2 Å². The lowest BCUT2D eigenvalue weighted by Gasteiger charge is -2.17. The Kier molecular flexibility index (Phi) is 5.53. The molecule has 0 aliphatic heterocycles. The van der Waals surface area contributed by atoms with Gasteiger partial charge in [-0.25, -0.2) is 4.79 Å². The van der Waals surface area contributed by atoms with Gasteiger partial charge in [-0.2, -0.15) is 0 Å². The third-order valence-corrected chi connectivity index (χ3v) is 4.53. The third kappa shape index (κ3) is 4.15. The van der Waals surface area contributed by atoms with Crippen LogP contribution in [0, 0.1) is 0 Å².